The van der Waals surface area contributed by atoms with Crippen molar-refractivity contribution in [1.82, 2.24) is 0 Å². The van der Waals surface area contributed by atoms with E-state index in [1.54, 1.807) is 0 Å². The van der Waals surface area contributed by atoms with Gasteiger partial charge in [-0.05, 0) is 104 Å². The van der Waals surface area contributed by atoms with Gasteiger partial charge in [0.25, 0.3) is 6.71 Å². The second kappa shape index (κ2) is 10.4. The second-order valence-electron chi connectivity index (χ2n) is 14.5. The highest BCUT2D eigenvalue weighted by Crippen LogP contribution is 2.53. The Morgan fingerprint density at radius 1 is 0.490 bits per heavy atom. The van der Waals surface area contributed by atoms with Crippen LogP contribution in [0.2, 0.25) is 0 Å². The normalized spacial score (nSPS) is 14.1. The highest BCUT2D eigenvalue weighted by atomic mass is 16.5. The van der Waals surface area contributed by atoms with Crippen molar-refractivity contribution in [3.63, 3.8) is 0 Å². The molecule has 4 heteroatoms. The molecule has 0 saturated carbocycles. The van der Waals surface area contributed by atoms with E-state index in [0.29, 0.717) is 0 Å². The van der Waals surface area contributed by atoms with Crippen LogP contribution >= 0.6 is 0 Å². The summed E-state index contributed by atoms with van der Waals surface area (Å²) in [5.74, 6) is 3.59. The number of fused-ring (bicyclic) bond motifs is 10. The van der Waals surface area contributed by atoms with Crippen molar-refractivity contribution in [1.29, 1.82) is 0 Å². The summed E-state index contributed by atoms with van der Waals surface area (Å²) in [5, 5.41) is 4.96. The van der Waals surface area contributed by atoms with Gasteiger partial charge in [-0.2, -0.15) is 0 Å². The van der Waals surface area contributed by atoms with Crippen molar-refractivity contribution in [3.8, 4) is 34.1 Å². The minimum Gasteiger partial charge on any atom is -0.458 e. The van der Waals surface area contributed by atoms with Gasteiger partial charge in [0.05, 0.1) is 5.69 Å². The van der Waals surface area contributed by atoms with E-state index in [1.165, 1.54) is 54.7 Å². The van der Waals surface area contributed by atoms with Crippen molar-refractivity contribution < 1.29 is 9.47 Å². The molecule has 0 saturated heterocycles. The molecule has 0 bridgehead atoms. The molecular weight excluding hydrogens is 621 g/mol. The summed E-state index contributed by atoms with van der Waals surface area (Å²) in [6, 6.07) is 56.8. The van der Waals surface area contributed by atoms with Crippen LogP contribution in [0.5, 0.6) is 23.0 Å². The van der Waals surface area contributed by atoms with Crippen LogP contribution in [0.25, 0.3) is 32.7 Å². The molecule has 51 heavy (non-hydrogen) atoms. The van der Waals surface area contributed by atoms with Crippen LogP contribution in [-0.2, 0) is 5.41 Å². The zero-order valence-corrected chi connectivity index (χ0v) is 28.4. The first-order valence-electron chi connectivity index (χ1n) is 17.7. The summed E-state index contributed by atoms with van der Waals surface area (Å²) >= 11 is 0. The molecule has 8 aromatic carbocycles. The Kier molecular flexibility index (Phi) is 5.82. The zero-order chi connectivity index (χ0) is 33.8. The van der Waals surface area contributed by atoms with Crippen LogP contribution < -0.4 is 30.8 Å². The van der Waals surface area contributed by atoms with E-state index in [4.69, 9.17) is 9.47 Å². The largest absolute Gasteiger partial charge is 0.458 e. The van der Waals surface area contributed by atoms with Gasteiger partial charge < -0.3 is 14.4 Å². The SMILES string of the molecule is CC1(C)c2cc3c(cc2-c2ccc4cc(N(c5ccccc5)c5cccc6ccccc56)ccc4c21)Oc1cccc2c1B3c1ccccc1O2. The molecule has 3 aliphatic rings. The minimum absolute atomic E-state index is 0.0482. The summed E-state index contributed by atoms with van der Waals surface area (Å²) in [6.45, 7) is 4.81. The monoisotopic (exact) mass is 653 g/mol. The van der Waals surface area contributed by atoms with Crippen molar-refractivity contribution >= 4 is 61.7 Å². The molecule has 3 nitrogen and oxygen atoms in total. The smallest absolute Gasteiger partial charge is 0.260 e. The summed E-state index contributed by atoms with van der Waals surface area (Å²) < 4.78 is 13.1. The third kappa shape index (κ3) is 4.02. The third-order valence-corrected chi connectivity index (χ3v) is 11.3. The molecule has 0 fully saturated rings. The maximum atomic E-state index is 6.71. The fourth-order valence-electron chi connectivity index (χ4n) is 9.06. The number of para-hydroxylation sites is 2. The average Bonchev–Trinajstić information content (AvgIpc) is 3.39. The molecule has 11 rings (SSSR count). The number of rotatable bonds is 3. The molecule has 0 atom stereocenters. The lowest BCUT2D eigenvalue weighted by Gasteiger charge is -2.33. The van der Waals surface area contributed by atoms with E-state index in [9.17, 15) is 0 Å². The van der Waals surface area contributed by atoms with Gasteiger partial charge in [0, 0.05) is 27.6 Å². The number of nitrogens with zero attached hydrogens (tertiary/aromatic N) is 1. The van der Waals surface area contributed by atoms with Crippen LogP contribution in [-0.4, -0.2) is 6.71 Å². The van der Waals surface area contributed by atoms with Crippen molar-refractivity contribution in [3.05, 3.63) is 169 Å². The number of ether oxygens (including phenoxy) is 2. The predicted octanol–water partition coefficient (Wildman–Crippen LogP) is 10.5. The lowest BCUT2D eigenvalue weighted by molar-refractivity contribution is 0.464. The maximum absolute atomic E-state index is 6.71. The Morgan fingerprint density at radius 3 is 2.10 bits per heavy atom. The molecule has 0 amide bonds. The van der Waals surface area contributed by atoms with E-state index >= 15 is 0 Å². The van der Waals surface area contributed by atoms with E-state index in [0.717, 1.165) is 45.5 Å². The van der Waals surface area contributed by atoms with Gasteiger partial charge in [0.2, 0.25) is 0 Å². The Labute approximate surface area is 297 Å². The Balaban J connectivity index is 1.08. The molecule has 240 valence electrons. The molecule has 0 N–H and O–H groups in total. The van der Waals surface area contributed by atoms with Gasteiger partial charge in [-0.25, -0.2) is 0 Å². The topological polar surface area (TPSA) is 21.7 Å². The molecule has 0 spiro atoms. The minimum atomic E-state index is -0.222. The lowest BCUT2D eigenvalue weighted by Crippen LogP contribution is -2.57. The Hall–Kier alpha value is -6.26. The second-order valence-corrected chi connectivity index (χ2v) is 14.5. The standard InChI is InChI=1S/C47H32BNO2/c1-47(2)37-28-39-44(51-43-21-11-20-42-46(43)48(39)38-17-8-9-19-41(38)50-42)27-36(37)35-24-22-30-26-32(23-25-34(30)45(35)47)49(31-14-4-3-5-15-31)40-18-10-13-29-12-6-7-16-33(29)40/h3-28H,1-2H3. The van der Waals surface area contributed by atoms with Gasteiger partial charge in [0.1, 0.15) is 23.0 Å². The summed E-state index contributed by atoms with van der Waals surface area (Å²) in [6.07, 6.45) is 0. The first-order chi connectivity index (χ1) is 25.0. The first kappa shape index (κ1) is 28.6. The van der Waals surface area contributed by atoms with Crippen LogP contribution in [0.4, 0.5) is 17.1 Å². The number of benzene rings is 8. The fraction of sp³-hybridized carbons (Fsp3) is 0.0638. The predicted molar refractivity (Wildman–Crippen MR) is 211 cm³/mol. The molecule has 2 aliphatic heterocycles. The molecule has 0 unspecified atom stereocenters. The van der Waals surface area contributed by atoms with E-state index < -0.39 is 0 Å². The molecule has 2 heterocycles. The summed E-state index contributed by atoms with van der Waals surface area (Å²) in [5.41, 5.74) is 11.9. The zero-order valence-electron chi connectivity index (χ0n) is 28.4. The van der Waals surface area contributed by atoms with Crippen LogP contribution in [0, 0.1) is 0 Å². The highest BCUT2D eigenvalue weighted by molar-refractivity contribution is 6.98. The van der Waals surface area contributed by atoms with Gasteiger partial charge in [-0.1, -0.05) is 117 Å². The molecule has 0 aromatic heterocycles. The molecule has 0 radical (unpaired) electrons. The van der Waals surface area contributed by atoms with Gasteiger partial charge in [-0.3, -0.25) is 0 Å². The van der Waals surface area contributed by atoms with E-state index in [2.05, 4.69) is 164 Å². The van der Waals surface area contributed by atoms with Crippen LogP contribution in [0.3, 0.4) is 0 Å². The van der Waals surface area contributed by atoms with Gasteiger partial charge in [-0.15, -0.1) is 0 Å². The Morgan fingerprint density at radius 2 is 1.22 bits per heavy atom. The number of hydrogen-bond acceptors (Lipinski definition) is 3. The van der Waals surface area contributed by atoms with E-state index in [-0.39, 0.29) is 12.1 Å². The third-order valence-electron chi connectivity index (χ3n) is 11.3. The quantitative estimate of drug-likeness (QED) is 0.177. The molecular formula is C47H32BNO2. The van der Waals surface area contributed by atoms with Crippen LogP contribution in [0.1, 0.15) is 25.0 Å². The van der Waals surface area contributed by atoms with E-state index in [1.807, 2.05) is 12.1 Å². The molecule has 1 aliphatic carbocycles. The highest BCUT2D eigenvalue weighted by Gasteiger charge is 2.44. The van der Waals surface area contributed by atoms with Crippen molar-refractivity contribution in [2.24, 2.45) is 0 Å². The van der Waals surface area contributed by atoms with Crippen molar-refractivity contribution in [2.75, 3.05) is 4.90 Å². The van der Waals surface area contributed by atoms with Crippen molar-refractivity contribution in [2.45, 2.75) is 19.3 Å². The van der Waals surface area contributed by atoms with Gasteiger partial charge >= 0.3 is 0 Å². The number of hydrogen-bond donors (Lipinski definition) is 0. The maximum Gasteiger partial charge on any atom is 0.260 e. The Bertz CT molecular complexity index is 2750. The lowest BCUT2D eigenvalue weighted by atomic mass is 9.34. The average molecular weight is 654 g/mol. The summed E-state index contributed by atoms with van der Waals surface area (Å²) in [7, 11) is 0. The number of anilines is 3. The molecule has 8 aromatic rings. The summed E-state index contributed by atoms with van der Waals surface area (Å²) in [4.78, 5) is 2.39. The van der Waals surface area contributed by atoms with Gasteiger partial charge in [0.15, 0.2) is 0 Å². The fourth-order valence-corrected chi connectivity index (χ4v) is 9.06. The first-order valence-corrected chi connectivity index (χ1v) is 17.7. The van der Waals surface area contributed by atoms with Crippen LogP contribution in [0.15, 0.2) is 158 Å².